The summed E-state index contributed by atoms with van der Waals surface area (Å²) in [5.74, 6) is 1.65. The van der Waals surface area contributed by atoms with Gasteiger partial charge in [0.2, 0.25) is 12.3 Å². The number of aromatic nitrogens is 2. The first-order valence-electron chi connectivity index (χ1n) is 7.09. The van der Waals surface area contributed by atoms with E-state index in [1.165, 1.54) is 12.0 Å². The van der Waals surface area contributed by atoms with Crippen molar-refractivity contribution in [2.75, 3.05) is 5.32 Å². The van der Waals surface area contributed by atoms with Gasteiger partial charge >= 0.3 is 0 Å². The monoisotopic (exact) mass is 281 g/mol. The second-order valence-electron chi connectivity index (χ2n) is 5.21. The van der Waals surface area contributed by atoms with E-state index in [9.17, 15) is 0 Å². The van der Waals surface area contributed by atoms with Gasteiger partial charge in [-0.2, -0.15) is 0 Å². The molecule has 0 spiro atoms. The number of nitrogens with zero attached hydrogens (tertiary/aromatic N) is 2. The van der Waals surface area contributed by atoms with E-state index in [-0.39, 0.29) is 0 Å². The fourth-order valence-corrected chi connectivity index (χ4v) is 2.85. The van der Waals surface area contributed by atoms with Crippen LogP contribution in [0.1, 0.15) is 30.2 Å². The third kappa shape index (κ3) is 2.31. The van der Waals surface area contributed by atoms with Crippen LogP contribution in [0.2, 0.25) is 0 Å². The molecule has 5 heteroatoms. The van der Waals surface area contributed by atoms with E-state index < -0.39 is 0 Å². The van der Waals surface area contributed by atoms with Crippen molar-refractivity contribution in [1.82, 2.24) is 10.2 Å². The maximum Gasteiger partial charge on any atom is 0.247 e. The zero-order chi connectivity index (χ0) is 14.1. The van der Waals surface area contributed by atoms with Crippen molar-refractivity contribution < 1.29 is 8.83 Å². The van der Waals surface area contributed by atoms with Crippen molar-refractivity contribution in [2.24, 2.45) is 0 Å². The lowest BCUT2D eigenvalue weighted by Crippen LogP contribution is -2.15. The first-order chi connectivity index (χ1) is 10.4. The van der Waals surface area contributed by atoms with Crippen molar-refractivity contribution >= 4 is 5.69 Å². The molecule has 0 saturated heterocycles. The van der Waals surface area contributed by atoms with Crippen LogP contribution >= 0.6 is 0 Å². The van der Waals surface area contributed by atoms with Gasteiger partial charge in [0.05, 0.1) is 12.3 Å². The summed E-state index contributed by atoms with van der Waals surface area (Å²) in [6.45, 7) is 0. The van der Waals surface area contributed by atoms with Crippen LogP contribution in [-0.2, 0) is 6.42 Å². The Labute approximate surface area is 122 Å². The van der Waals surface area contributed by atoms with E-state index in [1.807, 2.05) is 24.3 Å². The molecule has 1 aliphatic carbocycles. The Balaban J connectivity index is 1.54. The fourth-order valence-electron chi connectivity index (χ4n) is 2.85. The summed E-state index contributed by atoms with van der Waals surface area (Å²) in [5.41, 5.74) is 3.28. The predicted octanol–water partition coefficient (Wildman–Crippen LogP) is 3.82. The number of aryl methyl sites for hydroxylation is 1. The number of benzene rings is 1. The number of furan rings is 1. The Morgan fingerprint density at radius 2 is 2.00 bits per heavy atom. The van der Waals surface area contributed by atoms with Crippen molar-refractivity contribution in [2.45, 2.75) is 25.3 Å². The summed E-state index contributed by atoms with van der Waals surface area (Å²) in [6, 6.07) is 10.4. The Hall–Kier alpha value is -2.56. The molecule has 0 fully saturated rings. The first kappa shape index (κ1) is 12.2. The molecule has 1 unspecified atom stereocenters. The van der Waals surface area contributed by atoms with Gasteiger partial charge in [-0.3, -0.25) is 0 Å². The van der Waals surface area contributed by atoms with Crippen LogP contribution in [0.15, 0.2) is 51.8 Å². The molecule has 106 valence electrons. The van der Waals surface area contributed by atoms with Crippen molar-refractivity contribution in [1.29, 1.82) is 0 Å². The van der Waals surface area contributed by atoms with Gasteiger partial charge in [0.15, 0.2) is 0 Å². The van der Waals surface area contributed by atoms with Crippen LogP contribution < -0.4 is 5.32 Å². The van der Waals surface area contributed by atoms with E-state index in [2.05, 4.69) is 21.6 Å². The van der Waals surface area contributed by atoms with E-state index in [1.54, 1.807) is 6.26 Å². The van der Waals surface area contributed by atoms with Gasteiger partial charge in [0.1, 0.15) is 5.76 Å². The highest BCUT2D eigenvalue weighted by Gasteiger charge is 2.22. The van der Waals surface area contributed by atoms with Crippen LogP contribution in [0, 0.1) is 0 Å². The molecule has 1 aromatic carbocycles. The van der Waals surface area contributed by atoms with Crippen molar-refractivity contribution in [3.05, 3.63) is 54.3 Å². The van der Waals surface area contributed by atoms with Gasteiger partial charge in [0.25, 0.3) is 0 Å². The normalized spacial score (nSPS) is 17.4. The van der Waals surface area contributed by atoms with E-state index >= 15 is 0 Å². The van der Waals surface area contributed by atoms with Crippen LogP contribution in [0.25, 0.3) is 11.5 Å². The highest BCUT2D eigenvalue weighted by Crippen LogP contribution is 2.33. The van der Waals surface area contributed by atoms with Crippen LogP contribution in [-0.4, -0.2) is 10.2 Å². The molecule has 3 aromatic rings. The molecule has 4 rings (SSSR count). The number of hydrogen-bond acceptors (Lipinski definition) is 5. The standard InChI is InChI=1S/C16H15N3O2/c1-2-14(13-8-9-20-15(13)3-1)18-12-6-4-11(5-7-12)16-19-17-10-21-16/h4-10,14,18H,1-3H2. The molecule has 2 heterocycles. The van der Waals surface area contributed by atoms with Gasteiger partial charge < -0.3 is 14.2 Å². The zero-order valence-corrected chi connectivity index (χ0v) is 11.5. The summed E-state index contributed by atoms with van der Waals surface area (Å²) < 4.78 is 10.7. The zero-order valence-electron chi connectivity index (χ0n) is 11.5. The van der Waals surface area contributed by atoms with E-state index in [4.69, 9.17) is 8.83 Å². The summed E-state index contributed by atoms with van der Waals surface area (Å²) in [5, 5.41) is 11.2. The van der Waals surface area contributed by atoms with Crippen molar-refractivity contribution in [3.8, 4) is 11.5 Å². The summed E-state index contributed by atoms with van der Waals surface area (Å²) >= 11 is 0. The average Bonchev–Trinajstić information content (AvgIpc) is 3.20. The number of fused-ring (bicyclic) bond motifs is 1. The second kappa shape index (κ2) is 5.09. The molecule has 1 N–H and O–H groups in total. The molecule has 0 aliphatic heterocycles. The quantitative estimate of drug-likeness (QED) is 0.790. The summed E-state index contributed by atoms with van der Waals surface area (Å²) in [4.78, 5) is 0. The second-order valence-corrected chi connectivity index (χ2v) is 5.21. The van der Waals surface area contributed by atoms with Crippen molar-refractivity contribution in [3.63, 3.8) is 0 Å². The maximum absolute atomic E-state index is 5.52. The van der Waals surface area contributed by atoms with E-state index in [0.717, 1.165) is 36.3 Å². The van der Waals surface area contributed by atoms with Crippen LogP contribution in [0.3, 0.4) is 0 Å². The Morgan fingerprint density at radius 3 is 2.81 bits per heavy atom. The Morgan fingerprint density at radius 1 is 1.10 bits per heavy atom. The maximum atomic E-state index is 5.52. The highest BCUT2D eigenvalue weighted by molar-refractivity contribution is 5.58. The molecule has 1 aliphatic rings. The minimum Gasteiger partial charge on any atom is -0.469 e. The Kier molecular flexibility index (Phi) is 2.96. The predicted molar refractivity (Wildman–Crippen MR) is 77.7 cm³/mol. The minimum absolute atomic E-state index is 0.321. The van der Waals surface area contributed by atoms with E-state index in [0.29, 0.717) is 11.9 Å². The van der Waals surface area contributed by atoms with Gasteiger partial charge in [0, 0.05) is 23.2 Å². The molecule has 5 nitrogen and oxygen atoms in total. The highest BCUT2D eigenvalue weighted by atomic mass is 16.4. The SMILES string of the molecule is c1nnc(-c2ccc(NC3CCCc4occc43)cc2)o1. The molecule has 0 amide bonds. The molecular weight excluding hydrogens is 266 g/mol. The molecule has 21 heavy (non-hydrogen) atoms. The lowest BCUT2D eigenvalue weighted by molar-refractivity contribution is 0.461. The third-order valence-electron chi connectivity index (χ3n) is 3.88. The lowest BCUT2D eigenvalue weighted by atomic mass is 9.93. The summed E-state index contributed by atoms with van der Waals surface area (Å²) in [6.07, 6.45) is 6.43. The molecule has 1 atom stereocenters. The first-order valence-corrected chi connectivity index (χ1v) is 7.09. The van der Waals surface area contributed by atoms with Gasteiger partial charge in [-0.1, -0.05) is 0 Å². The van der Waals surface area contributed by atoms with Crippen LogP contribution in [0.5, 0.6) is 0 Å². The number of nitrogens with one attached hydrogen (secondary N) is 1. The average molecular weight is 281 g/mol. The molecular formula is C16H15N3O2. The van der Waals surface area contributed by atoms with Gasteiger partial charge in [-0.15, -0.1) is 10.2 Å². The summed E-state index contributed by atoms with van der Waals surface area (Å²) in [7, 11) is 0. The molecule has 2 aromatic heterocycles. The molecule has 0 saturated carbocycles. The van der Waals surface area contributed by atoms with Crippen LogP contribution in [0.4, 0.5) is 5.69 Å². The number of rotatable bonds is 3. The lowest BCUT2D eigenvalue weighted by Gasteiger charge is -2.23. The number of hydrogen-bond donors (Lipinski definition) is 1. The fraction of sp³-hybridized carbons (Fsp3) is 0.250. The van der Waals surface area contributed by atoms with Gasteiger partial charge in [-0.05, 0) is 43.2 Å². The van der Waals surface area contributed by atoms with Gasteiger partial charge in [-0.25, -0.2) is 0 Å². The minimum atomic E-state index is 0.321. The molecule has 0 bridgehead atoms. The third-order valence-corrected chi connectivity index (χ3v) is 3.88. The largest absolute Gasteiger partial charge is 0.469 e. The molecule has 0 radical (unpaired) electrons. The smallest absolute Gasteiger partial charge is 0.247 e. The number of anilines is 1. The Bertz CT molecular complexity index is 716. The topological polar surface area (TPSA) is 64.1 Å².